The van der Waals surface area contributed by atoms with E-state index in [0.29, 0.717) is 0 Å². The van der Waals surface area contributed by atoms with E-state index in [1.807, 2.05) is 0 Å². The van der Waals surface area contributed by atoms with Crippen molar-refractivity contribution >= 4 is 0 Å². The SMILES string of the molecule is C=C(C)/C(C)=C(C1=CC=CCC1)\C(C)=C/C.C=C(C)O.CCC(C)CC. The molecule has 0 spiro atoms. The summed E-state index contributed by atoms with van der Waals surface area (Å²) in [4.78, 5) is 0. The molecular weight excluding hydrogens is 316 g/mol. The Kier molecular flexibility index (Phi) is 15.8. The van der Waals surface area contributed by atoms with Crippen molar-refractivity contribution in [2.45, 2.75) is 81.1 Å². The van der Waals surface area contributed by atoms with Crippen LogP contribution in [0.5, 0.6) is 0 Å². The maximum absolute atomic E-state index is 7.86. The minimum absolute atomic E-state index is 0.167. The summed E-state index contributed by atoms with van der Waals surface area (Å²) in [6.45, 7) is 24.0. The van der Waals surface area contributed by atoms with Crippen LogP contribution in [0, 0.1) is 5.92 Å². The Morgan fingerprint density at radius 2 is 1.65 bits per heavy atom. The Morgan fingerprint density at radius 3 is 1.92 bits per heavy atom. The highest BCUT2D eigenvalue weighted by Crippen LogP contribution is 2.30. The van der Waals surface area contributed by atoms with E-state index in [9.17, 15) is 0 Å². The summed E-state index contributed by atoms with van der Waals surface area (Å²) in [5, 5.41) is 7.86. The standard InChI is InChI=1S/C16H22.C6H14.C3H6O/c1-6-13(4)16(14(5)12(2)3)15-10-8-7-9-11-15;1-4-6(3)5-2;1-3(2)4/h6-8,10H,2,9,11H2,1,3-5H3;6H,4-5H2,1-3H3;4H,1H2,2H3/b13-6-,16-14+;;. The first kappa shape index (κ1) is 26.5. The summed E-state index contributed by atoms with van der Waals surface area (Å²) < 4.78 is 0. The first-order valence-electron chi connectivity index (χ1n) is 9.82. The van der Waals surface area contributed by atoms with E-state index in [0.717, 1.165) is 24.3 Å². The number of allylic oxidation sites excluding steroid dienone is 10. The van der Waals surface area contributed by atoms with Crippen molar-refractivity contribution in [1.29, 1.82) is 0 Å². The second-order valence-electron chi connectivity index (χ2n) is 7.07. The van der Waals surface area contributed by atoms with Gasteiger partial charge in [-0.05, 0) is 75.7 Å². The summed E-state index contributed by atoms with van der Waals surface area (Å²) in [6.07, 6.45) is 13.7. The maximum atomic E-state index is 7.86. The molecule has 26 heavy (non-hydrogen) atoms. The largest absolute Gasteiger partial charge is 0.513 e. The van der Waals surface area contributed by atoms with Crippen molar-refractivity contribution in [2.75, 3.05) is 0 Å². The lowest BCUT2D eigenvalue weighted by Gasteiger charge is -2.18. The lowest BCUT2D eigenvalue weighted by Crippen LogP contribution is -1.99. The summed E-state index contributed by atoms with van der Waals surface area (Å²) in [5.74, 6) is 1.10. The van der Waals surface area contributed by atoms with Crippen LogP contribution in [0.25, 0.3) is 0 Å². The minimum atomic E-state index is 0.167. The van der Waals surface area contributed by atoms with Crippen LogP contribution in [0.2, 0.25) is 0 Å². The van der Waals surface area contributed by atoms with E-state index >= 15 is 0 Å². The van der Waals surface area contributed by atoms with Gasteiger partial charge in [0.2, 0.25) is 0 Å². The van der Waals surface area contributed by atoms with Gasteiger partial charge >= 0.3 is 0 Å². The summed E-state index contributed by atoms with van der Waals surface area (Å²) in [7, 11) is 0. The van der Waals surface area contributed by atoms with Gasteiger partial charge in [-0.2, -0.15) is 0 Å². The van der Waals surface area contributed by atoms with E-state index in [2.05, 4.69) is 85.9 Å². The van der Waals surface area contributed by atoms with E-state index in [-0.39, 0.29) is 5.76 Å². The molecule has 0 amide bonds. The first-order valence-corrected chi connectivity index (χ1v) is 9.82. The number of aliphatic hydroxyl groups excluding tert-OH is 1. The van der Waals surface area contributed by atoms with Crippen molar-refractivity contribution in [3.8, 4) is 0 Å². The molecule has 1 heteroatoms. The Labute approximate surface area is 163 Å². The zero-order valence-electron chi connectivity index (χ0n) is 18.6. The Balaban J connectivity index is 0. The molecule has 1 aliphatic carbocycles. The van der Waals surface area contributed by atoms with Crippen molar-refractivity contribution in [3.63, 3.8) is 0 Å². The number of hydrogen-bond acceptors (Lipinski definition) is 1. The predicted molar refractivity (Wildman–Crippen MR) is 121 cm³/mol. The Hall–Kier alpha value is -1.76. The van der Waals surface area contributed by atoms with E-state index in [1.54, 1.807) is 0 Å². The van der Waals surface area contributed by atoms with Crippen LogP contribution in [0.1, 0.15) is 81.1 Å². The molecule has 1 aliphatic rings. The van der Waals surface area contributed by atoms with Gasteiger partial charge in [-0.25, -0.2) is 0 Å². The molecule has 0 saturated heterocycles. The smallest absolute Gasteiger partial charge is 0.0820 e. The molecule has 0 radical (unpaired) electrons. The number of rotatable bonds is 5. The first-order chi connectivity index (χ1) is 12.1. The molecule has 0 fully saturated rings. The van der Waals surface area contributed by atoms with Crippen molar-refractivity contribution in [3.05, 3.63) is 71.1 Å². The molecule has 0 saturated carbocycles. The van der Waals surface area contributed by atoms with Crippen LogP contribution < -0.4 is 0 Å². The molecule has 1 nitrogen and oxygen atoms in total. The highest BCUT2D eigenvalue weighted by molar-refractivity contribution is 5.54. The highest BCUT2D eigenvalue weighted by Gasteiger charge is 2.11. The average Bonchev–Trinajstić information content (AvgIpc) is 2.61. The summed E-state index contributed by atoms with van der Waals surface area (Å²) in [5.41, 5.74) is 6.66. The quantitative estimate of drug-likeness (QED) is 0.385. The van der Waals surface area contributed by atoms with Crippen LogP contribution in [-0.2, 0) is 0 Å². The second kappa shape index (κ2) is 15.5. The molecular formula is C25H42O. The lowest BCUT2D eigenvalue weighted by molar-refractivity contribution is 0.417. The van der Waals surface area contributed by atoms with E-state index in [4.69, 9.17) is 5.11 Å². The topological polar surface area (TPSA) is 20.2 Å². The van der Waals surface area contributed by atoms with Gasteiger partial charge in [0.1, 0.15) is 0 Å². The van der Waals surface area contributed by atoms with Crippen LogP contribution >= 0.6 is 0 Å². The molecule has 1 rings (SSSR count). The fraction of sp³-hybridized carbons (Fsp3) is 0.520. The summed E-state index contributed by atoms with van der Waals surface area (Å²) >= 11 is 0. The molecule has 0 unspecified atom stereocenters. The highest BCUT2D eigenvalue weighted by atomic mass is 16.3. The molecule has 0 aromatic heterocycles. The zero-order chi connectivity index (χ0) is 20.7. The van der Waals surface area contributed by atoms with Crippen LogP contribution in [0.4, 0.5) is 0 Å². The molecule has 1 N–H and O–H groups in total. The maximum Gasteiger partial charge on any atom is 0.0820 e. The van der Waals surface area contributed by atoms with Crippen molar-refractivity contribution in [2.24, 2.45) is 5.92 Å². The number of aliphatic hydroxyl groups is 1. The molecule has 0 aliphatic heterocycles. The van der Waals surface area contributed by atoms with Crippen LogP contribution in [-0.4, -0.2) is 5.11 Å². The van der Waals surface area contributed by atoms with Crippen molar-refractivity contribution in [1.82, 2.24) is 0 Å². The van der Waals surface area contributed by atoms with Gasteiger partial charge < -0.3 is 5.11 Å². The van der Waals surface area contributed by atoms with Gasteiger partial charge in [-0.1, -0.05) is 76.6 Å². The van der Waals surface area contributed by atoms with Gasteiger partial charge in [-0.15, -0.1) is 0 Å². The van der Waals surface area contributed by atoms with Crippen molar-refractivity contribution < 1.29 is 5.11 Å². The molecule has 148 valence electrons. The molecule has 0 bridgehead atoms. The normalized spacial score (nSPS) is 14.3. The molecule has 0 heterocycles. The van der Waals surface area contributed by atoms with Gasteiger partial charge in [0.25, 0.3) is 0 Å². The van der Waals surface area contributed by atoms with E-state index in [1.165, 1.54) is 42.1 Å². The Bertz CT molecular complexity index is 545. The molecule has 0 aromatic carbocycles. The second-order valence-corrected chi connectivity index (χ2v) is 7.07. The molecule has 0 atom stereocenters. The van der Waals surface area contributed by atoms with Gasteiger partial charge in [0.15, 0.2) is 0 Å². The third-order valence-corrected chi connectivity index (χ3v) is 4.57. The minimum Gasteiger partial charge on any atom is -0.513 e. The van der Waals surface area contributed by atoms with Crippen LogP contribution in [0.15, 0.2) is 71.1 Å². The van der Waals surface area contributed by atoms with Gasteiger partial charge in [-0.3, -0.25) is 0 Å². The summed E-state index contributed by atoms with van der Waals surface area (Å²) in [6, 6.07) is 0. The van der Waals surface area contributed by atoms with Crippen LogP contribution in [0.3, 0.4) is 0 Å². The molecule has 0 aromatic rings. The average molecular weight is 359 g/mol. The van der Waals surface area contributed by atoms with Gasteiger partial charge in [0.05, 0.1) is 5.76 Å². The predicted octanol–water partition coefficient (Wildman–Crippen LogP) is 8.64. The Morgan fingerprint density at radius 1 is 1.15 bits per heavy atom. The van der Waals surface area contributed by atoms with Gasteiger partial charge in [0, 0.05) is 0 Å². The zero-order valence-corrected chi connectivity index (χ0v) is 18.6. The van der Waals surface area contributed by atoms with E-state index < -0.39 is 0 Å². The fourth-order valence-electron chi connectivity index (χ4n) is 2.25. The monoisotopic (exact) mass is 358 g/mol. The third-order valence-electron chi connectivity index (χ3n) is 4.57. The third kappa shape index (κ3) is 12.6. The number of hydrogen-bond donors (Lipinski definition) is 1. The lowest BCUT2D eigenvalue weighted by atomic mass is 9.87. The fourth-order valence-corrected chi connectivity index (χ4v) is 2.25.